The summed E-state index contributed by atoms with van der Waals surface area (Å²) in [6.45, 7) is 2.38. The molecule has 1 fully saturated rings. The van der Waals surface area contributed by atoms with Crippen LogP contribution < -0.4 is 4.74 Å². The molecule has 1 saturated heterocycles. The SMILES string of the molecule is CCOc1ccc(/C(O)=C2\C(=O)C(=O)N(Cc3cccnc3)[C@H]2c2ccccc2F)cc1. The Morgan fingerprint density at radius 3 is 2.50 bits per heavy atom. The number of hydrogen-bond acceptors (Lipinski definition) is 5. The number of rotatable bonds is 6. The highest BCUT2D eigenvalue weighted by Gasteiger charge is 2.46. The highest BCUT2D eigenvalue weighted by molar-refractivity contribution is 6.46. The van der Waals surface area contributed by atoms with Crippen LogP contribution in [-0.4, -0.2) is 33.3 Å². The molecule has 0 saturated carbocycles. The first-order chi connectivity index (χ1) is 15.5. The zero-order chi connectivity index (χ0) is 22.7. The van der Waals surface area contributed by atoms with Crippen molar-refractivity contribution in [2.45, 2.75) is 19.5 Å². The number of aliphatic hydroxyl groups excluding tert-OH is 1. The van der Waals surface area contributed by atoms with Crippen molar-refractivity contribution in [3.05, 3.63) is 101 Å². The number of carbonyl (C=O) groups excluding carboxylic acids is 2. The molecular weight excluding hydrogens is 411 g/mol. The first-order valence-electron chi connectivity index (χ1n) is 10.2. The average molecular weight is 432 g/mol. The van der Waals surface area contributed by atoms with Gasteiger partial charge in [0, 0.05) is 30.1 Å². The molecule has 7 heteroatoms. The van der Waals surface area contributed by atoms with E-state index in [1.54, 1.807) is 54.9 Å². The summed E-state index contributed by atoms with van der Waals surface area (Å²) in [5.74, 6) is -2.02. The number of Topliss-reactive ketones (excluding diaryl/α,β-unsaturated/α-hetero) is 1. The van der Waals surface area contributed by atoms with Crippen LogP contribution >= 0.6 is 0 Å². The highest BCUT2D eigenvalue weighted by atomic mass is 19.1. The van der Waals surface area contributed by atoms with Crippen LogP contribution in [0.3, 0.4) is 0 Å². The van der Waals surface area contributed by atoms with Gasteiger partial charge in [0.05, 0.1) is 18.2 Å². The monoisotopic (exact) mass is 432 g/mol. The highest BCUT2D eigenvalue weighted by Crippen LogP contribution is 2.41. The molecule has 0 radical (unpaired) electrons. The number of carbonyl (C=O) groups is 2. The van der Waals surface area contributed by atoms with Crippen LogP contribution in [0.4, 0.5) is 4.39 Å². The summed E-state index contributed by atoms with van der Waals surface area (Å²) in [5, 5.41) is 11.0. The molecule has 0 unspecified atom stereocenters. The fourth-order valence-electron chi connectivity index (χ4n) is 3.78. The summed E-state index contributed by atoms with van der Waals surface area (Å²) in [7, 11) is 0. The van der Waals surface area contributed by atoms with Gasteiger partial charge in [-0.1, -0.05) is 24.3 Å². The van der Waals surface area contributed by atoms with Crippen molar-refractivity contribution < 1.29 is 23.8 Å². The minimum Gasteiger partial charge on any atom is -0.507 e. The largest absolute Gasteiger partial charge is 0.507 e. The number of ketones is 1. The average Bonchev–Trinajstić information content (AvgIpc) is 3.05. The van der Waals surface area contributed by atoms with E-state index in [-0.39, 0.29) is 23.4 Å². The molecular formula is C25H21FN2O4. The molecule has 0 spiro atoms. The van der Waals surface area contributed by atoms with Gasteiger partial charge in [0.15, 0.2) is 0 Å². The van der Waals surface area contributed by atoms with Crippen molar-refractivity contribution in [2.24, 2.45) is 0 Å². The number of ether oxygens (including phenoxy) is 1. The van der Waals surface area contributed by atoms with Gasteiger partial charge in [0.2, 0.25) is 0 Å². The van der Waals surface area contributed by atoms with Crippen LogP contribution in [0.25, 0.3) is 5.76 Å². The molecule has 1 aliphatic heterocycles. The van der Waals surface area contributed by atoms with Crippen molar-refractivity contribution in [3.8, 4) is 5.75 Å². The van der Waals surface area contributed by atoms with E-state index < -0.39 is 23.5 Å². The fourth-order valence-corrected chi connectivity index (χ4v) is 3.78. The first kappa shape index (κ1) is 21.2. The molecule has 162 valence electrons. The van der Waals surface area contributed by atoms with Crippen molar-refractivity contribution in [1.29, 1.82) is 0 Å². The van der Waals surface area contributed by atoms with Gasteiger partial charge in [0.1, 0.15) is 17.3 Å². The van der Waals surface area contributed by atoms with E-state index in [4.69, 9.17) is 4.74 Å². The molecule has 6 nitrogen and oxygen atoms in total. The van der Waals surface area contributed by atoms with Gasteiger partial charge in [-0.15, -0.1) is 0 Å². The van der Waals surface area contributed by atoms with Gasteiger partial charge < -0.3 is 14.7 Å². The third-order valence-electron chi connectivity index (χ3n) is 5.25. The van der Waals surface area contributed by atoms with Gasteiger partial charge in [0.25, 0.3) is 11.7 Å². The van der Waals surface area contributed by atoms with Crippen molar-refractivity contribution in [1.82, 2.24) is 9.88 Å². The Labute approximate surface area is 184 Å². The van der Waals surface area contributed by atoms with Crippen LogP contribution in [-0.2, 0) is 16.1 Å². The van der Waals surface area contributed by atoms with E-state index in [2.05, 4.69) is 4.98 Å². The van der Waals surface area contributed by atoms with Crippen molar-refractivity contribution in [2.75, 3.05) is 6.61 Å². The Kier molecular flexibility index (Phi) is 5.98. The van der Waals surface area contributed by atoms with Gasteiger partial charge >= 0.3 is 0 Å². The zero-order valence-electron chi connectivity index (χ0n) is 17.4. The molecule has 3 aromatic rings. The molecule has 2 aromatic carbocycles. The number of benzene rings is 2. The maximum atomic E-state index is 14.8. The molecule has 0 bridgehead atoms. The van der Waals surface area contributed by atoms with E-state index in [1.807, 2.05) is 6.92 Å². The molecule has 0 aliphatic carbocycles. The van der Waals surface area contributed by atoms with Gasteiger partial charge in [-0.05, 0) is 48.9 Å². The van der Waals surface area contributed by atoms with Gasteiger partial charge in [-0.25, -0.2) is 4.39 Å². The number of amides is 1. The van der Waals surface area contributed by atoms with Crippen molar-refractivity contribution >= 4 is 17.4 Å². The predicted molar refractivity (Wildman–Crippen MR) is 116 cm³/mol. The summed E-state index contributed by atoms with van der Waals surface area (Å²) >= 11 is 0. The van der Waals surface area contributed by atoms with E-state index in [0.717, 1.165) is 0 Å². The predicted octanol–water partition coefficient (Wildman–Crippen LogP) is 4.24. The Hall–Kier alpha value is -4.00. The molecule has 1 aromatic heterocycles. The molecule has 1 atom stereocenters. The van der Waals surface area contributed by atoms with E-state index in [9.17, 15) is 19.1 Å². The quantitative estimate of drug-likeness (QED) is 0.358. The van der Waals surface area contributed by atoms with Gasteiger partial charge in [-0.2, -0.15) is 0 Å². The summed E-state index contributed by atoms with van der Waals surface area (Å²) in [6.07, 6.45) is 3.17. The normalized spacial score (nSPS) is 17.6. The molecule has 1 amide bonds. The summed E-state index contributed by atoms with van der Waals surface area (Å²) < 4.78 is 20.2. The van der Waals surface area contributed by atoms with Crippen molar-refractivity contribution in [3.63, 3.8) is 0 Å². The van der Waals surface area contributed by atoms with Crippen LogP contribution in [0.15, 0.2) is 78.6 Å². The van der Waals surface area contributed by atoms with Gasteiger partial charge in [-0.3, -0.25) is 14.6 Å². The number of likely N-dealkylation sites (tertiary alicyclic amines) is 1. The van der Waals surface area contributed by atoms with Crippen LogP contribution in [0, 0.1) is 5.82 Å². The Morgan fingerprint density at radius 2 is 1.84 bits per heavy atom. The Bertz CT molecular complexity index is 1180. The standard InChI is InChI=1S/C25H21FN2O4/c1-2-32-18-11-9-17(10-12-18)23(29)21-22(19-7-3-4-8-20(19)26)28(25(31)24(21)30)15-16-6-5-13-27-14-16/h3-14,22,29H,2,15H2,1H3/b23-21+/t22-/m0/s1. The second-order valence-corrected chi connectivity index (χ2v) is 7.27. The summed E-state index contributed by atoms with van der Waals surface area (Å²) in [6, 6.07) is 14.8. The lowest BCUT2D eigenvalue weighted by atomic mass is 9.94. The van der Waals surface area contributed by atoms with Crippen LogP contribution in [0.5, 0.6) is 5.75 Å². The first-order valence-corrected chi connectivity index (χ1v) is 10.2. The lowest BCUT2D eigenvalue weighted by molar-refractivity contribution is -0.140. The number of halogens is 1. The Balaban J connectivity index is 1.84. The lowest BCUT2D eigenvalue weighted by Crippen LogP contribution is -2.29. The lowest BCUT2D eigenvalue weighted by Gasteiger charge is -2.25. The van der Waals surface area contributed by atoms with E-state index in [0.29, 0.717) is 23.5 Å². The maximum absolute atomic E-state index is 14.8. The fraction of sp³-hybridized carbons (Fsp3) is 0.160. The smallest absolute Gasteiger partial charge is 0.295 e. The number of aliphatic hydroxyl groups is 1. The second-order valence-electron chi connectivity index (χ2n) is 7.27. The second kappa shape index (κ2) is 9.01. The Morgan fingerprint density at radius 1 is 1.09 bits per heavy atom. The zero-order valence-corrected chi connectivity index (χ0v) is 17.4. The molecule has 2 heterocycles. The molecule has 1 N–H and O–H groups in total. The maximum Gasteiger partial charge on any atom is 0.295 e. The minimum atomic E-state index is -1.08. The third kappa shape index (κ3) is 3.97. The van der Waals surface area contributed by atoms with E-state index >= 15 is 0 Å². The van der Waals surface area contributed by atoms with E-state index in [1.165, 1.54) is 23.1 Å². The molecule has 32 heavy (non-hydrogen) atoms. The number of pyridine rings is 1. The number of hydrogen-bond donors (Lipinski definition) is 1. The molecule has 1 aliphatic rings. The summed E-state index contributed by atoms with van der Waals surface area (Å²) in [4.78, 5) is 31.3. The third-order valence-corrected chi connectivity index (χ3v) is 5.25. The number of nitrogens with zero attached hydrogens (tertiary/aromatic N) is 2. The molecule has 4 rings (SSSR count). The number of aromatic nitrogens is 1. The summed E-state index contributed by atoms with van der Waals surface area (Å²) in [5.41, 5.74) is 0.974. The van der Waals surface area contributed by atoms with Crippen LogP contribution in [0.1, 0.15) is 29.7 Å². The van der Waals surface area contributed by atoms with Crippen LogP contribution in [0.2, 0.25) is 0 Å². The minimum absolute atomic E-state index is 0.0392. The topological polar surface area (TPSA) is 79.7 Å².